The van der Waals surface area contributed by atoms with Crippen LogP contribution in [0.3, 0.4) is 0 Å². The fraction of sp³-hybridized carbons (Fsp3) is 0.316. The van der Waals surface area contributed by atoms with Crippen LogP contribution in [0.1, 0.15) is 17.9 Å². The van der Waals surface area contributed by atoms with Crippen LogP contribution in [0.2, 0.25) is 0 Å². The summed E-state index contributed by atoms with van der Waals surface area (Å²) in [6, 6.07) is 8.17. The highest BCUT2D eigenvalue weighted by atomic mass is 19.4. The van der Waals surface area contributed by atoms with Gasteiger partial charge in [0, 0.05) is 25.3 Å². The summed E-state index contributed by atoms with van der Waals surface area (Å²) in [5.41, 5.74) is 0.919. The Morgan fingerprint density at radius 3 is 2.89 bits per heavy atom. The van der Waals surface area contributed by atoms with Gasteiger partial charge in [-0.2, -0.15) is 13.2 Å². The second kappa shape index (κ2) is 7.14. The van der Waals surface area contributed by atoms with Crippen molar-refractivity contribution in [3.8, 4) is 0 Å². The Hall–Kier alpha value is -3.10. The molecule has 146 valence electrons. The molecule has 28 heavy (non-hydrogen) atoms. The van der Waals surface area contributed by atoms with Crippen molar-refractivity contribution in [1.82, 2.24) is 15.3 Å². The number of carbonyl (C=O) groups is 1. The molecule has 1 N–H and O–H groups in total. The number of amides is 1. The Balaban J connectivity index is 1.36. The van der Waals surface area contributed by atoms with Crippen LogP contribution in [-0.4, -0.2) is 35.0 Å². The molecule has 0 aliphatic carbocycles. The van der Waals surface area contributed by atoms with Gasteiger partial charge in [0.05, 0.1) is 17.4 Å². The van der Waals surface area contributed by atoms with Gasteiger partial charge in [-0.3, -0.25) is 9.78 Å². The predicted octanol–water partition coefficient (Wildman–Crippen LogP) is 3.18. The number of nitrogens with zero attached hydrogens (tertiary/aromatic N) is 3. The lowest BCUT2D eigenvalue weighted by molar-refractivity contribution is -0.137. The van der Waals surface area contributed by atoms with Gasteiger partial charge in [0.15, 0.2) is 5.58 Å². The van der Waals surface area contributed by atoms with E-state index in [4.69, 9.17) is 4.42 Å². The second-order valence-corrected chi connectivity index (χ2v) is 6.68. The van der Waals surface area contributed by atoms with E-state index in [1.54, 1.807) is 17.0 Å². The fourth-order valence-electron chi connectivity index (χ4n) is 3.28. The van der Waals surface area contributed by atoms with E-state index in [1.807, 2.05) is 12.1 Å². The quantitative estimate of drug-likeness (QED) is 0.741. The summed E-state index contributed by atoms with van der Waals surface area (Å²) >= 11 is 0. The van der Waals surface area contributed by atoms with Crippen molar-refractivity contribution in [2.24, 2.45) is 0 Å². The molecule has 3 aromatic rings. The maximum Gasteiger partial charge on any atom is 0.417 e. The zero-order chi connectivity index (χ0) is 19.7. The number of aromatic nitrogens is 2. The molecule has 1 aliphatic rings. The molecule has 1 aromatic carbocycles. The van der Waals surface area contributed by atoms with E-state index in [1.165, 1.54) is 6.20 Å². The fourth-order valence-corrected chi connectivity index (χ4v) is 3.28. The van der Waals surface area contributed by atoms with E-state index >= 15 is 0 Å². The molecule has 1 unspecified atom stereocenters. The minimum atomic E-state index is -4.43. The van der Waals surface area contributed by atoms with E-state index in [0.717, 1.165) is 12.3 Å². The van der Waals surface area contributed by atoms with Crippen LogP contribution in [0.5, 0.6) is 0 Å². The molecule has 1 aliphatic heterocycles. The van der Waals surface area contributed by atoms with Crippen LogP contribution in [0.15, 0.2) is 47.1 Å². The number of alkyl halides is 3. The van der Waals surface area contributed by atoms with Crippen molar-refractivity contribution >= 4 is 22.7 Å². The first-order valence-corrected chi connectivity index (χ1v) is 8.79. The van der Waals surface area contributed by atoms with Crippen LogP contribution >= 0.6 is 0 Å². The molecule has 6 nitrogen and oxygen atoms in total. The highest BCUT2D eigenvalue weighted by molar-refractivity contribution is 5.79. The Labute approximate surface area is 158 Å². The van der Waals surface area contributed by atoms with Gasteiger partial charge in [0.25, 0.3) is 0 Å². The highest BCUT2D eigenvalue weighted by Crippen LogP contribution is 2.31. The SMILES string of the molecule is O=C(Cc1nc2ccccc2o1)NC1CCN(c2cncc(C(F)(F)F)c2)C1. The third kappa shape index (κ3) is 3.92. The Morgan fingerprint density at radius 2 is 2.11 bits per heavy atom. The zero-order valence-electron chi connectivity index (χ0n) is 14.7. The number of oxazole rings is 1. The van der Waals surface area contributed by atoms with Gasteiger partial charge in [-0.05, 0) is 24.6 Å². The third-order valence-corrected chi connectivity index (χ3v) is 4.62. The summed E-state index contributed by atoms with van der Waals surface area (Å²) in [5, 5.41) is 2.89. The first-order valence-electron chi connectivity index (χ1n) is 8.79. The van der Waals surface area contributed by atoms with Crippen molar-refractivity contribution in [3.63, 3.8) is 0 Å². The van der Waals surface area contributed by atoms with E-state index < -0.39 is 11.7 Å². The number of anilines is 1. The number of hydrogen-bond acceptors (Lipinski definition) is 5. The van der Waals surface area contributed by atoms with E-state index in [0.29, 0.717) is 42.2 Å². The number of para-hydroxylation sites is 2. The second-order valence-electron chi connectivity index (χ2n) is 6.68. The summed E-state index contributed by atoms with van der Waals surface area (Å²) in [5.74, 6) is 0.0937. The van der Waals surface area contributed by atoms with Crippen molar-refractivity contribution in [1.29, 1.82) is 0 Å². The Bertz CT molecular complexity index is 969. The number of pyridine rings is 1. The molecule has 0 saturated carbocycles. The lowest BCUT2D eigenvalue weighted by Gasteiger charge is -2.19. The van der Waals surface area contributed by atoms with Crippen LogP contribution in [0.4, 0.5) is 18.9 Å². The average molecular weight is 390 g/mol. The summed E-state index contributed by atoms with van der Waals surface area (Å²) in [6.07, 6.45) is -1.58. The molecule has 1 fully saturated rings. The van der Waals surface area contributed by atoms with Crippen molar-refractivity contribution in [3.05, 3.63) is 54.2 Å². The van der Waals surface area contributed by atoms with Gasteiger partial charge >= 0.3 is 6.18 Å². The van der Waals surface area contributed by atoms with Crippen LogP contribution in [0.25, 0.3) is 11.1 Å². The molecular formula is C19H17F3N4O2. The molecule has 2 aromatic heterocycles. The number of nitrogens with one attached hydrogen (secondary N) is 1. The third-order valence-electron chi connectivity index (χ3n) is 4.62. The van der Waals surface area contributed by atoms with Gasteiger partial charge in [-0.25, -0.2) is 4.98 Å². The topological polar surface area (TPSA) is 71.3 Å². The number of halogens is 3. The zero-order valence-corrected chi connectivity index (χ0v) is 14.7. The minimum absolute atomic E-state index is 0.0102. The minimum Gasteiger partial charge on any atom is -0.440 e. The van der Waals surface area contributed by atoms with Crippen LogP contribution in [-0.2, 0) is 17.4 Å². The number of rotatable bonds is 4. The standard InChI is InChI=1S/C19H17F3N4O2/c20-19(21,22)12-7-14(10-23-9-12)26-6-5-13(11-26)24-17(27)8-18-25-15-3-1-2-4-16(15)28-18/h1-4,7,9-10,13H,5-6,8,11H2,(H,24,27). The molecule has 1 atom stereocenters. The number of benzene rings is 1. The lowest BCUT2D eigenvalue weighted by atomic mass is 10.2. The number of fused-ring (bicyclic) bond motifs is 1. The number of carbonyl (C=O) groups excluding carboxylic acids is 1. The van der Waals surface area contributed by atoms with Gasteiger partial charge in [-0.1, -0.05) is 12.1 Å². The molecule has 1 saturated heterocycles. The van der Waals surface area contributed by atoms with Crippen molar-refractivity contribution < 1.29 is 22.4 Å². The first kappa shape index (κ1) is 18.3. The van der Waals surface area contributed by atoms with Crippen LogP contribution < -0.4 is 10.2 Å². The molecule has 4 rings (SSSR count). The van der Waals surface area contributed by atoms with E-state index in [9.17, 15) is 18.0 Å². The van der Waals surface area contributed by atoms with Gasteiger partial charge in [0.2, 0.25) is 11.8 Å². The molecule has 0 bridgehead atoms. The Kier molecular flexibility index (Phi) is 4.66. The molecule has 0 radical (unpaired) electrons. The molecular weight excluding hydrogens is 373 g/mol. The maximum atomic E-state index is 12.9. The maximum absolute atomic E-state index is 12.9. The predicted molar refractivity (Wildman–Crippen MR) is 95.7 cm³/mol. The van der Waals surface area contributed by atoms with Gasteiger partial charge in [0.1, 0.15) is 11.9 Å². The summed E-state index contributed by atoms with van der Waals surface area (Å²) < 4.78 is 44.1. The monoisotopic (exact) mass is 390 g/mol. The Morgan fingerprint density at radius 1 is 1.29 bits per heavy atom. The molecule has 9 heteroatoms. The lowest BCUT2D eigenvalue weighted by Crippen LogP contribution is -2.38. The van der Waals surface area contributed by atoms with Crippen LogP contribution in [0, 0.1) is 0 Å². The molecule has 3 heterocycles. The largest absolute Gasteiger partial charge is 0.440 e. The van der Waals surface area contributed by atoms with Gasteiger partial charge in [-0.15, -0.1) is 0 Å². The first-order chi connectivity index (χ1) is 13.4. The molecule has 0 spiro atoms. The van der Waals surface area contributed by atoms with Crippen molar-refractivity contribution in [2.45, 2.75) is 25.1 Å². The summed E-state index contributed by atoms with van der Waals surface area (Å²) in [7, 11) is 0. The highest BCUT2D eigenvalue weighted by Gasteiger charge is 2.32. The summed E-state index contributed by atoms with van der Waals surface area (Å²) in [6.45, 7) is 0.957. The smallest absolute Gasteiger partial charge is 0.417 e. The van der Waals surface area contributed by atoms with Crippen molar-refractivity contribution in [2.75, 3.05) is 18.0 Å². The van der Waals surface area contributed by atoms with E-state index in [2.05, 4.69) is 15.3 Å². The molecule has 1 amide bonds. The average Bonchev–Trinajstić information content (AvgIpc) is 3.27. The van der Waals surface area contributed by atoms with E-state index in [-0.39, 0.29) is 18.4 Å². The van der Waals surface area contributed by atoms with Gasteiger partial charge < -0.3 is 14.6 Å². The number of hydrogen-bond donors (Lipinski definition) is 1. The summed E-state index contributed by atoms with van der Waals surface area (Å²) in [4.78, 5) is 22.0. The normalized spacial score (nSPS) is 17.2.